The van der Waals surface area contributed by atoms with E-state index in [2.05, 4.69) is 10.6 Å². The number of rotatable bonds is 7. The summed E-state index contributed by atoms with van der Waals surface area (Å²) in [5.41, 5.74) is 3.46. The number of amides is 3. The van der Waals surface area contributed by atoms with E-state index >= 15 is 0 Å². The van der Waals surface area contributed by atoms with Gasteiger partial charge in [0.2, 0.25) is 11.8 Å². The van der Waals surface area contributed by atoms with Crippen LogP contribution in [0, 0.1) is 0 Å². The summed E-state index contributed by atoms with van der Waals surface area (Å²) < 4.78 is 16.7. The van der Waals surface area contributed by atoms with E-state index in [-0.39, 0.29) is 25.4 Å². The van der Waals surface area contributed by atoms with Gasteiger partial charge in [0.05, 0.1) is 7.11 Å². The highest BCUT2D eigenvalue weighted by atomic mass is 16.6. The van der Waals surface area contributed by atoms with E-state index < -0.39 is 42.0 Å². The SMILES string of the molecule is COC(=O)[C@@H]1Cc2ccc(OCc3ccccc3)c(c2)-c2cc(ccc2O)[C@H](N(C)C(=O)OCc2ccccc2)C(=O)N[C@@H](C)C(=O)N1. The van der Waals surface area contributed by atoms with E-state index in [9.17, 15) is 24.3 Å². The first kappa shape index (κ1) is 33.5. The number of ether oxygens (including phenoxy) is 3. The average Bonchev–Trinajstić information content (AvgIpc) is 3.10. The van der Waals surface area contributed by atoms with Crippen LogP contribution >= 0.6 is 0 Å². The highest BCUT2D eigenvalue weighted by Gasteiger charge is 2.34. The van der Waals surface area contributed by atoms with Crippen molar-refractivity contribution in [2.24, 2.45) is 0 Å². The third kappa shape index (κ3) is 7.92. The van der Waals surface area contributed by atoms with Crippen molar-refractivity contribution in [2.45, 2.75) is 44.7 Å². The Kier molecular flexibility index (Phi) is 10.6. The Labute approximate surface area is 278 Å². The van der Waals surface area contributed by atoms with Gasteiger partial charge in [0.1, 0.15) is 42.8 Å². The Bertz CT molecular complexity index is 1780. The molecule has 1 aliphatic rings. The number of nitrogens with one attached hydrogen (secondary N) is 2. The van der Waals surface area contributed by atoms with Crippen molar-refractivity contribution in [1.82, 2.24) is 15.5 Å². The lowest BCUT2D eigenvalue weighted by atomic mass is 9.94. The number of benzene rings is 4. The zero-order valence-corrected chi connectivity index (χ0v) is 26.8. The lowest BCUT2D eigenvalue weighted by Gasteiger charge is -2.29. The first-order valence-corrected chi connectivity index (χ1v) is 15.4. The van der Waals surface area contributed by atoms with Gasteiger partial charge in [-0.05, 0) is 53.4 Å². The van der Waals surface area contributed by atoms with Crippen molar-refractivity contribution < 1.29 is 38.5 Å². The van der Waals surface area contributed by atoms with Crippen LogP contribution in [-0.2, 0) is 43.5 Å². The number of aromatic hydroxyl groups is 1. The van der Waals surface area contributed by atoms with E-state index in [0.717, 1.165) is 16.0 Å². The summed E-state index contributed by atoms with van der Waals surface area (Å²) in [6, 6.07) is 25.0. The van der Waals surface area contributed by atoms with Crippen molar-refractivity contribution in [3.8, 4) is 22.6 Å². The molecule has 3 atom stereocenters. The molecule has 0 aromatic heterocycles. The first-order chi connectivity index (χ1) is 23.1. The fraction of sp³-hybridized carbons (Fsp3) is 0.243. The van der Waals surface area contributed by atoms with Gasteiger partial charge >= 0.3 is 12.1 Å². The van der Waals surface area contributed by atoms with Crippen LogP contribution in [0.15, 0.2) is 97.1 Å². The van der Waals surface area contributed by atoms with Crippen LogP contribution in [0.25, 0.3) is 11.1 Å². The van der Waals surface area contributed by atoms with Crippen molar-refractivity contribution >= 4 is 23.9 Å². The molecular weight excluding hydrogens is 614 g/mol. The minimum absolute atomic E-state index is 0.0260. The molecule has 0 aliphatic carbocycles. The maximum atomic E-state index is 13.9. The average molecular weight is 652 g/mol. The number of esters is 1. The van der Waals surface area contributed by atoms with Gasteiger partial charge < -0.3 is 30.0 Å². The molecule has 0 fully saturated rings. The summed E-state index contributed by atoms with van der Waals surface area (Å²) in [7, 11) is 2.64. The van der Waals surface area contributed by atoms with Crippen molar-refractivity contribution in [2.75, 3.05) is 14.2 Å². The lowest BCUT2D eigenvalue weighted by molar-refractivity contribution is -0.145. The Hall–Kier alpha value is -5.84. The summed E-state index contributed by atoms with van der Waals surface area (Å²) in [6.07, 6.45) is -0.726. The maximum absolute atomic E-state index is 13.9. The first-order valence-electron chi connectivity index (χ1n) is 15.4. The molecule has 48 heavy (non-hydrogen) atoms. The van der Waals surface area contributed by atoms with Gasteiger partial charge in [-0.3, -0.25) is 14.5 Å². The standard InChI is InChI=1S/C37H37N3O8/c1-23-34(42)39-30(36(44)46-3)19-26-14-17-32(47-21-24-10-6-4-7-11-24)29(18-26)28-20-27(15-16-31(28)41)33(35(43)38-23)40(2)37(45)48-22-25-12-8-5-9-13-25/h4-18,20,23,30,33,41H,19,21-22H2,1-3H3,(H,38,43)(H,39,42)/t23-,30-,33-/m0/s1. The van der Waals surface area contributed by atoms with E-state index in [1.165, 1.54) is 33.2 Å². The zero-order valence-electron chi connectivity index (χ0n) is 26.8. The number of carbonyl (C=O) groups is 4. The second kappa shape index (κ2) is 15.2. The number of phenols is 1. The molecular formula is C37H37N3O8. The highest BCUT2D eigenvalue weighted by molar-refractivity contribution is 5.94. The number of likely N-dealkylation sites (N-methyl/N-ethyl adjacent to an activating group) is 1. The van der Waals surface area contributed by atoms with Gasteiger partial charge in [-0.15, -0.1) is 0 Å². The van der Waals surface area contributed by atoms with E-state index in [4.69, 9.17) is 14.2 Å². The molecule has 0 radical (unpaired) electrons. The minimum atomic E-state index is -1.28. The third-order valence-corrected chi connectivity index (χ3v) is 8.03. The van der Waals surface area contributed by atoms with Gasteiger partial charge in [0.25, 0.3) is 0 Å². The van der Waals surface area contributed by atoms with Crippen LogP contribution in [0.5, 0.6) is 11.5 Å². The number of carbonyl (C=O) groups excluding carboxylic acids is 4. The quantitative estimate of drug-likeness (QED) is 0.245. The molecule has 4 bridgehead atoms. The number of hydrogen-bond donors (Lipinski definition) is 3. The summed E-state index contributed by atoms with van der Waals surface area (Å²) >= 11 is 0. The van der Waals surface area contributed by atoms with Crippen LogP contribution < -0.4 is 15.4 Å². The Balaban J connectivity index is 1.59. The monoisotopic (exact) mass is 651 g/mol. The van der Waals surface area contributed by atoms with Crippen molar-refractivity contribution in [1.29, 1.82) is 0 Å². The number of fused-ring (bicyclic) bond motifs is 5. The zero-order chi connectivity index (χ0) is 34.2. The fourth-order valence-electron chi connectivity index (χ4n) is 5.42. The summed E-state index contributed by atoms with van der Waals surface area (Å²) in [6.45, 7) is 1.67. The molecule has 248 valence electrons. The number of phenolic OH excluding ortho intramolecular Hbond substituents is 1. The van der Waals surface area contributed by atoms with E-state index in [0.29, 0.717) is 28.0 Å². The van der Waals surface area contributed by atoms with E-state index in [1.54, 1.807) is 36.4 Å². The van der Waals surface area contributed by atoms with Crippen molar-refractivity contribution in [3.05, 3.63) is 119 Å². The van der Waals surface area contributed by atoms with Gasteiger partial charge in [-0.25, -0.2) is 9.59 Å². The number of nitrogens with zero attached hydrogens (tertiary/aromatic N) is 1. The molecule has 11 heteroatoms. The number of methoxy groups -OCH3 is 1. The van der Waals surface area contributed by atoms with Crippen LogP contribution in [-0.4, -0.2) is 60.1 Å². The number of hydrogen-bond acceptors (Lipinski definition) is 8. The van der Waals surface area contributed by atoms with Crippen LogP contribution in [0.1, 0.15) is 35.2 Å². The Morgan fingerprint density at radius 1 is 0.833 bits per heavy atom. The molecule has 3 N–H and O–H groups in total. The minimum Gasteiger partial charge on any atom is -0.507 e. The predicted octanol–water partition coefficient (Wildman–Crippen LogP) is 4.67. The largest absolute Gasteiger partial charge is 0.507 e. The van der Waals surface area contributed by atoms with Gasteiger partial charge in [0.15, 0.2) is 0 Å². The molecule has 0 spiro atoms. The second-order valence-electron chi connectivity index (χ2n) is 11.5. The normalized spacial score (nSPS) is 17.6. The topological polar surface area (TPSA) is 144 Å². The van der Waals surface area contributed by atoms with Crippen LogP contribution in [0.3, 0.4) is 0 Å². The van der Waals surface area contributed by atoms with E-state index in [1.807, 2.05) is 48.5 Å². The molecule has 1 heterocycles. The molecule has 1 aliphatic heterocycles. The van der Waals surface area contributed by atoms with Crippen LogP contribution in [0.4, 0.5) is 4.79 Å². The molecule has 4 aromatic carbocycles. The molecule has 4 aromatic rings. The summed E-state index contributed by atoms with van der Waals surface area (Å²) in [5, 5.41) is 16.5. The van der Waals surface area contributed by atoms with Gasteiger partial charge in [-0.1, -0.05) is 72.8 Å². The lowest BCUT2D eigenvalue weighted by Crippen LogP contribution is -2.53. The molecule has 0 saturated carbocycles. The third-order valence-electron chi connectivity index (χ3n) is 8.03. The maximum Gasteiger partial charge on any atom is 0.410 e. The molecule has 11 nitrogen and oxygen atoms in total. The summed E-state index contributed by atoms with van der Waals surface area (Å²) in [5.74, 6) is -1.67. The van der Waals surface area contributed by atoms with Crippen molar-refractivity contribution in [3.63, 3.8) is 0 Å². The molecule has 5 rings (SSSR count). The van der Waals surface area contributed by atoms with Crippen LogP contribution in [0.2, 0.25) is 0 Å². The molecule has 0 unspecified atom stereocenters. The fourth-order valence-corrected chi connectivity index (χ4v) is 5.42. The predicted molar refractivity (Wildman–Crippen MR) is 177 cm³/mol. The second-order valence-corrected chi connectivity index (χ2v) is 11.5. The van der Waals surface area contributed by atoms with Gasteiger partial charge in [-0.2, -0.15) is 0 Å². The summed E-state index contributed by atoms with van der Waals surface area (Å²) in [4.78, 5) is 54.4. The molecule has 3 amide bonds. The Morgan fingerprint density at radius 2 is 1.50 bits per heavy atom. The molecule has 0 saturated heterocycles. The highest BCUT2D eigenvalue weighted by Crippen LogP contribution is 2.39. The van der Waals surface area contributed by atoms with Gasteiger partial charge in [0, 0.05) is 24.6 Å². The Morgan fingerprint density at radius 3 is 2.17 bits per heavy atom. The smallest absolute Gasteiger partial charge is 0.410 e.